The lowest BCUT2D eigenvalue weighted by Crippen LogP contribution is -2.48. The zero-order valence-electron chi connectivity index (χ0n) is 17.9. The maximum Gasteiger partial charge on any atom is 0.328 e. The Kier molecular flexibility index (Phi) is 5.58. The molecule has 3 aromatic rings. The number of carboxylic acid groups (broad SMARTS) is 1. The van der Waals surface area contributed by atoms with Gasteiger partial charge in [-0.15, -0.1) is 0 Å². The van der Waals surface area contributed by atoms with Crippen molar-refractivity contribution in [2.75, 3.05) is 6.54 Å². The molecule has 0 bridgehead atoms. The maximum absolute atomic E-state index is 15.3. The summed E-state index contributed by atoms with van der Waals surface area (Å²) in [5, 5.41) is 13.3. The van der Waals surface area contributed by atoms with Gasteiger partial charge in [-0.25, -0.2) is 18.0 Å². The van der Waals surface area contributed by atoms with E-state index >= 15 is 8.78 Å². The van der Waals surface area contributed by atoms with Crippen molar-refractivity contribution in [3.8, 4) is 0 Å². The highest BCUT2D eigenvalue weighted by Crippen LogP contribution is 2.42. The van der Waals surface area contributed by atoms with Gasteiger partial charge < -0.3 is 9.63 Å². The third-order valence-electron chi connectivity index (χ3n) is 5.67. The number of carbonyl (C=O) groups is 1. The van der Waals surface area contributed by atoms with Crippen LogP contribution in [0.2, 0.25) is 0 Å². The molecule has 1 aromatic heterocycles. The Bertz CT molecular complexity index is 1190. The van der Waals surface area contributed by atoms with Crippen LogP contribution in [0.4, 0.5) is 13.2 Å². The summed E-state index contributed by atoms with van der Waals surface area (Å²) >= 11 is 0. The summed E-state index contributed by atoms with van der Waals surface area (Å²) in [6.45, 7) is 4.73. The van der Waals surface area contributed by atoms with Crippen LogP contribution in [0.5, 0.6) is 0 Å². The summed E-state index contributed by atoms with van der Waals surface area (Å²) < 4.78 is 50.6. The van der Waals surface area contributed by atoms with E-state index in [1.807, 2.05) is 13.0 Å². The molecule has 0 saturated carbocycles. The molecule has 1 aliphatic heterocycles. The number of benzene rings is 2. The van der Waals surface area contributed by atoms with Crippen LogP contribution < -0.4 is 0 Å². The molecule has 1 aliphatic rings. The fourth-order valence-corrected chi connectivity index (χ4v) is 4.41. The van der Waals surface area contributed by atoms with Crippen LogP contribution >= 0.6 is 0 Å². The van der Waals surface area contributed by atoms with E-state index in [-0.39, 0.29) is 23.7 Å². The summed E-state index contributed by atoms with van der Waals surface area (Å²) in [7, 11) is 0. The SMILES string of the molecule is C[C@@H]1Cc2cc3oncc3cc2[C@@H](c2c(F)cc(/C=C/C(=O)O)cc2F)N1CC(C)(C)F. The van der Waals surface area contributed by atoms with Crippen molar-refractivity contribution in [2.45, 2.75) is 44.9 Å². The fourth-order valence-electron chi connectivity index (χ4n) is 4.41. The summed E-state index contributed by atoms with van der Waals surface area (Å²) in [6, 6.07) is 4.71. The monoisotopic (exact) mass is 444 g/mol. The first-order valence-electron chi connectivity index (χ1n) is 10.3. The molecule has 0 amide bonds. The third-order valence-corrected chi connectivity index (χ3v) is 5.67. The smallest absolute Gasteiger partial charge is 0.328 e. The number of alkyl halides is 1. The predicted octanol–water partition coefficient (Wildman–Crippen LogP) is 5.29. The number of hydrogen-bond acceptors (Lipinski definition) is 4. The first kappa shape index (κ1) is 22.1. The van der Waals surface area contributed by atoms with E-state index in [0.717, 1.165) is 29.8 Å². The zero-order chi connectivity index (χ0) is 23.2. The number of halogens is 3. The van der Waals surface area contributed by atoms with Gasteiger partial charge in [0.15, 0.2) is 5.58 Å². The number of fused-ring (bicyclic) bond motifs is 2. The molecule has 4 rings (SSSR count). The van der Waals surface area contributed by atoms with Crippen molar-refractivity contribution in [1.29, 1.82) is 0 Å². The largest absolute Gasteiger partial charge is 0.478 e. The molecule has 5 nitrogen and oxygen atoms in total. The summed E-state index contributed by atoms with van der Waals surface area (Å²) in [6.07, 6.45) is 4.02. The van der Waals surface area contributed by atoms with Crippen LogP contribution in [0.25, 0.3) is 17.0 Å². The van der Waals surface area contributed by atoms with Crippen molar-refractivity contribution in [2.24, 2.45) is 0 Å². The van der Waals surface area contributed by atoms with Crippen LogP contribution in [-0.4, -0.2) is 39.4 Å². The summed E-state index contributed by atoms with van der Waals surface area (Å²) in [5.41, 5.74) is 0.377. The van der Waals surface area contributed by atoms with E-state index in [4.69, 9.17) is 9.63 Å². The van der Waals surface area contributed by atoms with E-state index in [9.17, 15) is 9.18 Å². The zero-order valence-corrected chi connectivity index (χ0v) is 17.9. The van der Waals surface area contributed by atoms with Gasteiger partial charge in [0.2, 0.25) is 0 Å². The number of carboxylic acids is 1. The van der Waals surface area contributed by atoms with Gasteiger partial charge in [-0.2, -0.15) is 0 Å². The second-order valence-corrected chi connectivity index (χ2v) is 8.83. The molecule has 2 atom stereocenters. The number of aliphatic carboxylic acids is 1. The molecule has 0 saturated heterocycles. The lowest BCUT2D eigenvalue weighted by Gasteiger charge is -2.44. The Hall–Kier alpha value is -3.13. The van der Waals surface area contributed by atoms with E-state index < -0.39 is 29.3 Å². The van der Waals surface area contributed by atoms with Crippen molar-refractivity contribution < 1.29 is 27.6 Å². The average Bonchev–Trinajstić information content (AvgIpc) is 3.13. The second-order valence-electron chi connectivity index (χ2n) is 8.83. The Balaban J connectivity index is 1.91. The lowest BCUT2D eigenvalue weighted by atomic mass is 9.83. The molecule has 1 N–H and O–H groups in total. The molecule has 0 radical (unpaired) electrons. The van der Waals surface area contributed by atoms with E-state index in [1.165, 1.54) is 20.0 Å². The van der Waals surface area contributed by atoms with Gasteiger partial charge >= 0.3 is 5.97 Å². The van der Waals surface area contributed by atoms with Crippen LogP contribution in [-0.2, 0) is 11.2 Å². The van der Waals surface area contributed by atoms with Gasteiger partial charge in [-0.1, -0.05) is 5.16 Å². The highest BCUT2D eigenvalue weighted by Gasteiger charge is 2.39. The van der Waals surface area contributed by atoms with E-state index in [2.05, 4.69) is 5.16 Å². The number of nitrogens with zero attached hydrogens (tertiary/aromatic N) is 2. The average molecular weight is 444 g/mol. The first-order valence-corrected chi connectivity index (χ1v) is 10.3. The van der Waals surface area contributed by atoms with Crippen LogP contribution in [0.1, 0.15) is 49.1 Å². The Morgan fingerprint density at radius 1 is 1.28 bits per heavy atom. The van der Waals surface area contributed by atoms with Gasteiger partial charge in [0.1, 0.15) is 17.3 Å². The summed E-state index contributed by atoms with van der Waals surface area (Å²) in [5.74, 6) is -2.88. The minimum atomic E-state index is -1.59. The normalized spacial score (nSPS) is 19.6. The molecular weight excluding hydrogens is 421 g/mol. The minimum Gasteiger partial charge on any atom is -0.478 e. The highest BCUT2D eigenvalue weighted by atomic mass is 19.1. The minimum absolute atomic E-state index is 0.0283. The Morgan fingerprint density at radius 2 is 1.97 bits per heavy atom. The van der Waals surface area contributed by atoms with E-state index in [0.29, 0.717) is 23.0 Å². The maximum atomic E-state index is 15.3. The predicted molar refractivity (Wildman–Crippen MR) is 114 cm³/mol. The second kappa shape index (κ2) is 8.09. The third kappa shape index (κ3) is 4.27. The van der Waals surface area contributed by atoms with E-state index in [1.54, 1.807) is 11.0 Å². The van der Waals surface area contributed by atoms with Gasteiger partial charge in [0, 0.05) is 29.6 Å². The molecule has 32 heavy (non-hydrogen) atoms. The van der Waals surface area contributed by atoms with Crippen molar-refractivity contribution in [3.63, 3.8) is 0 Å². The van der Waals surface area contributed by atoms with Gasteiger partial charge in [0.25, 0.3) is 0 Å². The molecule has 0 spiro atoms. The quantitative estimate of drug-likeness (QED) is 0.542. The van der Waals surface area contributed by atoms with Crippen LogP contribution in [0, 0.1) is 11.6 Å². The Labute approximate surface area is 183 Å². The van der Waals surface area contributed by atoms with Crippen molar-refractivity contribution >= 4 is 23.0 Å². The van der Waals surface area contributed by atoms with Gasteiger partial charge in [-0.3, -0.25) is 4.90 Å². The standard InChI is InChI=1S/C24H23F3N2O3/c1-13-6-15-10-20-16(11-28-32-20)9-17(15)23(29(13)12-24(2,3)27)22-18(25)7-14(8-19(22)26)4-5-21(30)31/h4-5,7-11,13,23H,6,12H2,1-3H3,(H,30,31)/b5-4+/t13-,23+/m1/s1. The number of aromatic nitrogens is 1. The lowest BCUT2D eigenvalue weighted by molar-refractivity contribution is -0.131. The fraction of sp³-hybridized carbons (Fsp3) is 0.333. The summed E-state index contributed by atoms with van der Waals surface area (Å²) in [4.78, 5) is 12.5. The van der Waals surface area contributed by atoms with Gasteiger partial charge in [0.05, 0.1) is 12.2 Å². The number of rotatable bonds is 5. The molecule has 2 aromatic carbocycles. The topological polar surface area (TPSA) is 66.6 Å². The molecule has 0 unspecified atom stereocenters. The molecule has 2 heterocycles. The molecule has 8 heteroatoms. The van der Waals surface area contributed by atoms with Crippen LogP contribution in [0.15, 0.2) is 41.1 Å². The highest BCUT2D eigenvalue weighted by molar-refractivity contribution is 5.85. The first-order chi connectivity index (χ1) is 15.0. The van der Waals surface area contributed by atoms with Crippen molar-refractivity contribution in [1.82, 2.24) is 10.1 Å². The molecule has 168 valence electrons. The van der Waals surface area contributed by atoms with Crippen molar-refractivity contribution in [3.05, 3.63) is 70.4 Å². The molecule has 0 fully saturated rings. The Morgan fingerprint density at radius 3 is 2.59 bits per heavy atom. The van der Waals surface area contributed by atoms with Gasteiger partial charge in [-0.05, 0) is 74.2 Å². The molecular formula is C24H23F3N2O3. The van der Waals surface area contributed by atoms with Crippen LogP contribution in [0.3, 0.4) is 0 Å². The number of hydrogen-bond donors (Lipinski definition) is 1. The molecule has 0 aliphatic carbocycles.